The number of nitrogens with zero attached hydrogens (tertiary/aromatic N) is 1. The molecule has 0 bridgehead atoms. The molecule has 2 rings (SSSR count). The van der Waals surface area contributed by atoms with Gasteiger partial charge in [0.05, 0.1) is 0 Å². The summed E-state index contributed by atoms with van der Waals surface area (Å²) in [6.45, 7) is 6.47. The molecule has 0 aliphatic heterocycles. The van der Waals surface area contributed by atoms with Gasteiger partial charge in [-0.1, -0.05) is 19.9 Å². The van der Waals surface area contributed by atoms with Crippen LogP contribution in [-0.2, 0) is 0 Å². The maximum atomic E-state index is 5.75. The molecule has 1 aromatic heterocycles. The van der Waals surface area contributed by atoms with Crippen molar-refractivity contribution in [2.75, 3.05) is 5.73 Å². The Kier molecular flexibility index (Phi) is 3.51. The van der Waals surface area contributed by atoms with Crippen molar-refractivity contribution in [1.82, 2.24) is 4.98 Å². The topological polar surface area (TPSA) is 48.1 Å². The molecule has 0 spiro atoms. The highest BCUT2D eigenvalue weighted by atomic mass is 16.5. The second kappa shape index (κ2) is 5.08. The van der Waals surface area contributed by atoms with Gasteiger partial charge in [0.2, 0.25) is 0 Å². The number of rotatable bonds is 3. The SMILES string of the molecule is Cc1cc(Oc2ccnc(N)c2)ccc1C(C)C. The number of hydrogen-bond donors (Lipinski definition) is 1. The summed E-state index contributed by atoms with van der Waals surface area (Å²) >= 11 is 0. The van der Waals surface area contributed by atoms with Gasteiger partial charge >= 0.3 is 0 Å². The molecule has 0 amide bonds. The van der Waals surface area contributed by atoms with Crippen molar-refractivity contribution < 1.29 is 4.74 Å². The summed E-state index contributed by atoms with van der Waals surface area (Å²) < 4.78 is 5.75. The summed E-state index contributed by atoms with van der Waals surface area (Å²) in [5.74, 6) is 2.51. The number of aryl methyl sites for hydroxylation is 1. The zero-order valence-electron chi connectivity index (χ0n) is 11.0. The average molecular weight is 242 g/mol. The lowest BCUT2D eigenvalue weighted by Gasteiger charge is -2.12. The minimum Gasteiger partial charge on any atom is -0.457 e. The minimum atomic E-state index is 0.461. The van der Waals surface area contributed by atoms with Crippen molar-refractivity contribution in [2.24, 2.45) is 0 Å². The van der Waals surface area contributed by atoms with E-state index in [1.54, 1.807) is 18.3 Å². The van der Waals surface area contributed by atoms with Crippen LogP contribution in [0.4, 0.5) is 5.82 Å². The van der Waals surface area contributed by atoms with Gasteiger partial charge in [-0.25, -0.2) is 4.98 Å². The van der Waals surface area contributed by atoms with Crippen molar-refractivity contribution in [3.63, 3.8) is 0 Å². The van der Waals surface area contributed by atoms with Gasteiger partial charge in [-0.05, 0) is 42.2 Å². The van der Waals surface area contributed by atoms with Gasteiger partial charge in [-0.2, -0.15) is 0 Å². The van der Waals surface area contributed by atoms with E-state index in [-0.39, 0.29) is 0 Å². The van der Waals surface area contributed by atoms with Crippen molar-refractivity contribution >= 4 is 5.82 Å². The van der Waals surface area contributed by atoms with Gasteiger partial charge in [0, 0.05) is 12.3 Å². The van der Waals surface area contributed by atoms with E-state index in [1.165, 1.54) is 11.1 Å². The highest BCUT2D eigenvalue weighted by Crippen LogP contribution is 2.27. The molecule has 0 aliphatic rings. The molecule has 1 aromatic carbocycles. The molecule has 2 aromatic rings. The molecule has 0 saturated heterocycles. The Morgan fingerprint density at radius 1 is 1.11 bits per heavy atom. The first kappa shape index (κ1) is 12.4. The standard InChI is InChI=1S/C15H18N2O/c1-10(2)14-5-4-12(8-11(14)3)18-13-6-7-17-15(16)9-13/h4-10H,1-3H3,(H2,16,17). The van der Waals surface area contributed by atoms with Crippen molar-refractivity contribution in [2.45, 2.75) is 26.7 Å². The molecular weight excluding hydrogens is 224 g/mol. The Morgan fingerprint density at radius 2 is 1.83 bits per heavy atom. The third-order valence-corrected chi connectivity index (χ3v) is 2.85. The largest absolute Gasteiger partial charge is 0.457 e. The Hall–Kier alpha value is -2.03. The van der Waals surface area contributed by atoms with E-state index in [1.807, 2.05) is 12.1 Å². The molecule has 3 nitrogen and oxygen atoms in total. The van der Waals surface area contributed by atoms with Crippen LogP contribution in [0.5, 0.6) is 11.5 Å². The Balaban J connectivity index is 2.23. The molecule has 0 unspecified atom stereocenters. The third kappa shape index (κ3) is 2.80. The second-order valence-corrected chi connectivity index (χ2v) is 4.69. The molecule has 0 atom stereocenters. The number of ether oxygens (including phenoxy) is 1. The van der Waals surface area contributed by atoms with E-state index < -0.39 is 0 Å². The number of nitrogen functional groups attached to an aromatic ring is 1. The van der Waals surface area contributed by atoms with Gasteiger partial charge in [-0.3, -0.25) is 0 Å². The number of nitrogens with two attached hydrogens (primary N) is 1. The van der Waals surface area contributed by atoms with Gasteiger partial charge < -0.3 is 10.5 Å². The van der Waals surface area contributed by atoms with Gasteiger partial charge in [0.1, 0.15) is 17.3 Å². The number of pyridine rings is 1. The van der Waals surface area contributed by atoms with Crippen molar-refractivity contribution in [3.05, 3.63) is 47.7 Å². The van der Waals surface area contributed by atoms with E-state index in [0.717, 1.165) is 5.75 Å². The van der Waals surface area contributed by atoms with Crippen molar-refractivity contribution in [1.29, 1.82) is 0 Å². The third-order valence-electron chi connectivity index (χ3n) is 2.85. The van der Waals surface area contributed by atoms with Gasteiger partial charge in [-0.15, -0.1) is 0 Å². The second-order valence-electron chi connectivity index (χ2n) is 4.69. The quantitative estimate of drug-likeness (QED) is 0.888. The fraction of sp³-hybridized carbons (Fsp3) is 0.267. The van der Waals surface area contributed by atoms with Crippen LogP contribution in [0.25, 0.3) is 0 Å². The minimum absolute atomic E-state index is 0.461. The zero-order chi connectivity index (χ0) is 13.1. The fourth-order valence-electron chi connectivity index (χ4n) is 1.99. The van der Waals surface area contributed by atoms with E-state index in [9.17, 15) is 0 Å². The van der Waals surface area contributed by atoms with E-state index in [2.05, 4.69) is 31.8 Å². The number of benzene rings is 1. The lowest BCUT2D eigenvalue weighted by atomic mass is 9.98. The average Bonchev–Trinajstić information content (AvgIpc) is 2.28. The highest BCUT2D eigenvalue weighted by Gasteiger charge is 2.05. The molecule has 2 N–H and O–H groups in total. The number of aromatic nitrogens is 1. The molecule has 0 fully saturated rings. The fourth-order valence-corrected chi connectivity index (χ4v) is 1.99. The highest BCUT2D eigenvalue weighted by molar-refractivity contribution is 5.41. The van der Waals surface area contributed by atoms with Gasteiger partial charge in [0.25, 0.3) is 0 Å². The van der Waals surface area contributed by atoms with Crippen LogP contribution >= 0.6 is 0 Å². The summed E-state index contributed by atoms with van der Waals surface area (Å²) in [4.78, 5) is 3.93. The Labute approximate surface area is 108 Å². The number of hydrogen-bond acceptors (Lipinski definition) is 3. The van der Waals surface area contributed by atoms with E-state index in [4.69, 9.17) is 10.5 Å². The smallest absolute Gasteiger partial charge is 0.132 e. The summed E-state index contributed by atoms with van der Waals surface area (Å²) in [6.07, 6.45) is 1.64. The van der Waals surface area contributed by atoms with Crippen LogP contribution in [0.15, 0.2) is 36.5 Å². The van der Waals surface area contributed by atoms with Crippen LogP contribution in [-0.4, -0.2) is 4.98 Å². The molecule has 0 saturated carbocycles. The van der Waals surface area contributed by atoms with Crippen LogP contribution in [0, 0.1) is 6.92 Å². The molecule has 1 heterocycles. The summed E-state index contributed by atoms with van der Waals surface area (Å²) in [7, 11) is 0. The molecule has 18 heavy (non-hydrogen) atoms. The normalized spacial score (nSPS) is 10.7. The molecule has 0 radical (unpaired) electrons. The maximum absolute atomic E-state index is 5.75. The van der Waals surface area contributed by atoms with Gasteiger partial charge in [0.15, 0.2) is 0 Å². The predicted molar refractivity (Wildman–Crippen MR) is 74.0 cm³/mol. The molecular formula is C15H18N2O. The Bertz CT molecular complexity index is 550. The lowest BCUT2D eigenvalue weighted by molar-refractivity contribution is 0.481. The summed E-state index contributed by atoms with van der Waals surface area (Å²) in [6, 6.07) is 9.65. The van der Waals surface area contributed by atoms with Crippen LogP contribution < -0.4 is 10.5 Å². The lowest BCUT2D eigenvalue weighted by Crippen LogP contribution is -1.94. The van der Waals surface area contributed by atoms with Crippen LogP contribution in [0.1, 0.15) is 30.9 Å². The summed E-state index contributed by atoms with van der Waals surface area (Å²) in [5.41, 5.74) is 8.20. The monoisotopic (exact) mass is 242 g/mol. The zero-order valence-corrected chi connectivity index (χ0v) is 11.0. The maximum Gasteiger partial charge on any atom is 0.132 e. The predicted octanol–water partition coefficient (Wildman–Crippen LogP) is 3.89. The first-order valence-electron chi connectivity index (χ1n) is 6.06. The van der Waals surface area contributed by atoms with E-state index in [0.29, 0.717) is 17.5 Å². The first-order chi connectivity index (χ1) is 8.56. The molecule has 3 heteroatoms. The Morgan fingerprint density at radius 3 is 2.44 bits per heavy atom. The molecule has 0 aliphatic carbocycles. The summed E-state index contributed by atoms with van der Waals surface area (Å²) in [5, 5.41) is 0. The number of anilines is 1. The van der Waals surface area contributed by atoms with E-state index >= 15 is 0 Å². The van der Waals surface area contributed by atoms with Crippen molar-refractivity contribution in [3.8, 4) is 11.5 Å². The van der Waals surface area contributed by atoms with Crippen LogP contribution in [0.2, 0.25) is 0 Å². The molecule has 94 valence electrons. The first-order valence-corrected chi connectivity index (χ1v) is 6.06. The van der Waals surface area contributed by atoms with Crippen LogP contribution in [0.3, 0.4) is 0 Å².